The van der Waals surface area contributed by atoms with Crippen LogP contribution in [0, 0.1) is 0 Å². The standard InChI is InChI=1S/C22H21F2N3O5S/c23-22(24)33-17-9-5-15(6-10-17)26-18(28)13-32-20(30)12-25-21(31)14-3-7-16(8-4-14)27-11-1-2-19(27)29/h3-10,22H,1-2,11-13H2,(H,25,31)(H,26,28). The molecule has 0 unspecified atom stereocenters. The molecule has 11 heteroatoms. The molecule has 0 aromatic heterocycles. The van der Waals surface area contributed by atoms with Gasteiger partial charge in [-0.25, -0.2) is 0 Å². The number of nitrogens with one attached hydrogen (secondary N) is 2. The molecule has 0 spiro atoms. The van der Waals surface area contributed by atoms with Crippen molar-refractivity contribution in [3.63, 3.8) is 0 Å². The van der Waals surface area contributed by atoms with Gasteiger partial charge in [-0.1, -0.05) is 11.8 Å². The lowest BCUT2D eigenvalue weighted by molar-refractivity contribution is -0.146. The summed E-state index contributed by atoms with van der Waals surface area (Å²) in [6.07, 6.45) is 1.31. The Labute approximate surface area is 192 Å². The van der Waals surface area contributed by atoms with Crippen LogP contribution in [0.25, 0.3) is 0 Å². The summed E-state index contributed by atoms with van der Waals surface area (Å²) in [5.74, 6) is -4.41. The maximum atomic E-state index is 12.3. The van der Waals surface area contributed by atoms with Gasteiger partial charge in [-0.2, -0.15) is 8.78 Å². The zero-order valence-corrected chi connectivity index (χ0v) is 18.2. The van der Waals surface area contributed by atoms with Gasteiger partial charge in [-0.05, 0) is 55.0 Å². The Morgan fingerprint density at radius 2 is 1.76 bits per heavy atom. The third-order valence-electron chi connectivity index (χ3n) is 4.64. The van der Waals surface area contributed by atoms with Crippen molar-refractivity contribution in [1.82, 2.24) is 5.32 Å². The van der Waals surface area contributed by atoms with Crippen molar-refractivity contribution in [3.05, 3.63) is 54.1 Å². The number of halogens is 2. The number of rotatable bonds is 9. The van der Waals surface area contributed by atoms with Gasteiger partial charge in [-0.3, -0.25) is 19.2 Å². The number of ether oxygens (including phenoxy) is 1. The lowest BCUT2D eigenvalue weighted by Crippen LogP contribution is -2.32. The highest BCUT2D eigenvalue weighted by molar-refractivity contribution is 7.99. The predicted octanol–water partition coefficient (Wildman–Crippen LogP) is 3.04. The number of thioether (sulfide) groups is 1. The van der Waals surface area contributed by atoms with Crippen LogP contribution in [0.2, 0.25) is 0 Å². The van der Waals surface area contributed by atoms with E-state index in [4.69, 9.17) is 4.74 Å². The first-order valence-electron chi connectivity index (χ1n) is 10.0. The second kappa shape index (κ2) is 11.4. The van der Waals surface area contributed by atoms with Gasteiger partial charge in [0.15, 0.2) is 6.61 Å². The van der Waals surface area contributed by atoms with E-state index in [0.717, 1.165) is 6.42 Å². The molecule has 1 saturated heterocycles. The van der Waals surface area contributed by atoms with Gasteiger partial charge in [0.05, 0.1) is 0 Å². The van der Waals surface area contributed by atoms with E-state index >= 15 is 0 Å². The molecule has 3 rings (SSSR count). The second-order valence-electron chi connectivity index (χ2n) is 6.99. The summed E-state index contributed by atoms with van der Waals surface area (Å²) in [4.78, 5) is 49.7. The molecule has 0 saturated carbocycles. The minimum Gasteiger partial charge on any atom is -0.454 e. The molecule has 1 heterocycles. The molecule has 0 atom stereocenters. The SMILES string of the molecule is O=C(COC(=O)CNC(=O)c1ccc(N2CCCC2=O)cc1)Nc1ccc(SC(F)F)cc1. The van der Waals surface area contributed by atoms with Crippen molar-refractivity contribution in [2.24, 2.45) is 0 Å². The first kappa shape index (κ1) is 24.2. The molecule has 33 heavy (non-hydrogen) atoms. The number of amides is 3. The smallest absolute Gasteiger partial charge is 0.325 e. The molecule has 0 radical (unpaired) electrons. The van der Waals surface area contributed by atoms with Gasteiger partial charge < -0.3 is 20.3 Å². The number of hydrogen-bond donors (Lipinski definition) is 2. The fourth-order valence-electron chi connectivity index (χ4n) is 3.08. The molecule has 174 valence electrons. The molecular formula is C22H21F2N3O5S. The molecule has 0 aliphatic carbocycles. The van der Waals surface area contributed by atoms with Crippen molar-refractivity contribution >= 4 is 46.8 Å². The Kier molecular flexibility index (Phi) is 8.36. The number of benzene rings is 2. The largest absolute Gasteiger partial charge is 0.454 e. The Morgan fingerprint density at radius 1 is 1.06 bits per heavy atom. The Hall–Kier alpha value is -3.47. The molecule has 0 bridgehead atoms. The number of hydrogen-bond acceptors (Lipinski definition) is 6. The third kappa shape index (κ3) is 7.28. The summed E-state index contributed by atoms with van der Waals surface area (Å²) < 4.78 is 29.4. The number of carbonyl (C=O) groups excluding carboxylic acids is 4. The molecule has 2 aromatic rings. The van der Waals surface area contributed by atoms with Crippen molar-refractivity contribution in [2.75, 3.05) is 29.9 Å². The Balaban J connectivity index is 1.38. The maximum absolute atomic E-state index is 12.3. The molecule has 3 amide bonds. The van der Waals surface area contributed by atoms with Crippen LogP contribution in [0.4, 0.5) is 20.2 Å². The third-order valence-corrected chi connectivity index (χ3v) is 5.36. The topological polar surface area (TPSA) is 105 Å². The van der Waals surface area contributed by atoms with E-state index < -0.39 is 36.7 Å². The lowest BCUT2D eigenvalue weighted by Gasteiger charge is -2.15. The van der Waals surface area contributed by atoms with Crippen molar-refractivity contribution in [1.29, 1.82) is 0 Å². The van der Waals surface area contributed by atoms with Gasteiger partial charge in [0.1, 0.15) is 6.54 Å². The average molecular weight is 477 g/mol. The molecule has 2 aromatic carbocycles. The van der Waals surface area contributed by atoms with Crippen LogP contribution in [0.3, 0.4) is 0 Å². The van der Waals surface area contributed by atoms with E-state index in [1.54, 1.807) is 29.2 Å². The average Bonchev–Trinajstić information content (AvgIpc) is 3.23. The molecule has 1 aliphatic heterocycles. The minimum atomic E-state index is -2.54. The number of nitrogens with zero attached hydrogens (tertiary/aromatic N) is 1. The van der Waals surface area contributed by atoms with Crippen LogP contribution in [-0.2, 0) is 19.1 Å². The van der Waals surface area contributed by atoms with Gasteiger partial charge in [0, 0.05) is 34.8 Å². The summed E-state index contributed by atoms with van der Waals surface area (Å²) in [6.45, 7) is -0.355. The summed E-state index contributed by atoms with van der Waals surface area (Å²) in [6, 6.07) is 12.2. The summed E-state index contributed by atoms with van der Waals surface area (Å²) in [5.41, 5.74) is 1.38. The summed E-state index contributed by atoms with van der Waals surface area (Å²) >= 11 is 0.387. The van der Waals surface area contributed by atoms with Gasteiger partial charge in [-0.15, -0.1) is 0 Å². The maximum Gasteiger partial charge on any atom is 0.325 e. The van der Waals surface area contributed by atoms with Crippen LogP contribution in [-0.4, -0.2) is 49.1 Å². The normalized spacial score (nSPS) is 13.2. The summed E-state index contributed by atoms with van der Waals surface area (Å²) in [7, 11) is 0. The fourth-order valence-corrected chi connectivity index (χ4v) is 3.58. The molecule has 8 nitrogen and oxygen atoms in total. The van der Waals surface area contributed by atoms with Crippen molar-refractivity contribution < 1.29 is 32.7 Å². The summed E-state index contributed by atoms with van der Waals surface area (Å²) in [5, 5.41) is 4.87. The van der Waals surface area contributed by atoms with E-state index in [1.807, 2.05) is 0 Å². The first-order valence-corrected chi connectivity index (χ1v) is 10.9. The lowest BCUT2D eigenvalue weighted by atomic mass is 10.2. The van der Waals surface area contributed by atoms with Crippen LogP contribution >= 0.6 is 11.8 Å². The van der Waals surface area contributed by atoms with Gasteiger partial charge in [0.2, 0.25) is 5.91 Å². The number of carbonyl (C=O) groups is 4. The van der Waals surface area contributed by atoms with E-state index in [-0.39, 0.29) is 5.91 Å². The van der Waals surface area contributed by atoms with Gasteiger partial charge in [0.25, 0.3) is 17.6 Å². The van der Waals surface area contributed by atoms with E-state index in [2.05, 4.69) is 10.6 Å². The second-order valence-corrected chi connectivity index (χ2v) is 8.05. The number of anilines is 2. The molecule has 1 fully saturated rings. The van der Waals surface area contributed by atoms with Gasteiger partial charge >= 0.3 is 5.97 Å². The van der Waals surface area contributed by atoms with Crippen molar-refractivity contribution in [3.8, 4) is 0 Å². The van der Waals surface area contributed by atoms with E-state index in [1.165, 1.54) is 24.3 Å². The molecule has 1 aliphatic rings. The van der Waals surface area contributed by atoms with Crippen LogP contribution in [0.5, 0.6) is 0 Å². The highest BCUT2D eigenvalue weighted by Gasteiger charge is 2.21. The number of esters is 1. The van der Waals surface area contributed by atoms with Crippen LogP contribution in [0.15, 0.2) is 53.4 Å². The first-order chi connectivity index (χ1) is 15.8. The Bertz CT molecular complexity index is 1020. The highest BCUT2D eigenvalue weighted by atomic mass is 32.2. The zero-order chi connectivity index (χ0) is 23.8. The number of alkyl halides is 2. The Morgan fingerprint density at radius 3 is 2.36 bits per heavy atom. The monoisotopic (exact) mass is 477 g/mol. The van der Waals surface area contributed by atoms with Crippen molar-refractivity contribution in [2.45, 2.75) is 23.5 Å². The highest BCUT2D eigenvalue weighted by Crippen LogP contribution is 2.26. The van der Waals surface area contributed by atoms with Crippen LogP contribution in [0.1, 0.15) is 23.2 Å². The predicted molar refractivity (Wildman–Crippen MR) is 118 cm³/mol. The zero-order valence-electron chi connectivity index (χ0n) is 17.4. The van der Waals surface area contributed by atoms with E-state index in [0.29, 0.717) is 46.6 Å². The van der Waals surface area contributed by atoms with Crippen LogP contribution < -0.4 is 15.5 Å². The molecule has 2 N–H and O–H groups in total. The van der Waals surface area contributed by atoms with E-state index in [9.17, 15) is 28.0 Å². The quantitative estimate of drug-likeness (QED) is 0.425. The minimum absolute atomic E-state index is 0.0433. The fraction of sp³-hybridized carbons (Fsp3) is 0.273. The molecular weight excluding hydrogens is 456 g/mol.